The molecule has 0 radical (unpaired) electrons. The Bertz CT molecular complexity index is 551. The summed E-state index contributed by atoms with van der Waals surface area (Å²) in [5.74, 6) is 0. The fraction of sp³-hybridized carbons (Fsp3) is 0.500. The van der Waals surface area contributed by atoms with Gasteiger partial charge in [0.25, 0.3) is 0 Å². The van der Waals surface area contributed by atoms with Gasteiger partial charge in [-0.15, -0.1) is 23.7 Å². The Morgan fingerprint density at radius 2 is 2.30 bits per heavy atom. The molecule has 4 nitrogen and oxygen atoms in total. The third kappa shape index (κ3) is 3.41. The lowest BCUT2D eigenvalue weighted by Gasteiger charge is -2.14. The zero-order chi connectivity index (χ0) is 13.2. The van der Waals surface area contributed by atoms with Gasteiger partial charge < -0.3 is 5.32 Å². The smallest absolute Gasteiger partial charge is 0.0576 e. The second-order valence-electron chi connectivity index (χ2n) is 5.18. The topological polar surface area (TPSA) is 33.1 Å². The van der Waals surface area contributed by atoms with Crippen molar-refractivity contribution in [3.63, 3.8) is 0 Å². The number of nitrogens with one attached hydrogen (secondary N) is 1. The maximum Gasteiger partial charge on any atom is 0.0576 e. The van der Waals surface area contributed by atoms with Crippen LogP contribution >= 0.6 is 23.7 Å². The molecule has 1 unspecified atom stereocenters. The molecule has 3 heterocycles. The van der Waals surface area contributed by atoms with Gasteiger partial charge in [0.05, 0.1) is 6.20 Å². The Morgan fingerprint density at radius 3 is 2.95 bits per heavy atom. The highest BCUT2D eigenvalue weighted by atomic mass is 35.5. The van der Waals surface area contributed by atoms with E-state index in [2.05, 4.69) is 40.7 Å². The molecule has 1 aliphatic rings. The van der Waals surface area contributed by atoms with Crippen LogP contribution in [0.1, 0.15) is 11.3 Å². The third-order valence-electron chi connectivity index (χ3n) is 3.71. The summed E-state index contributed by atoms with van der Waals surface area (Å²) in [4.78, 5) is 5.28. The first-order chi connectivity index (χ1) is 9.24. The summed E-state index contributed by atoms with van der Waals surface area (Å²) in [5, 5.41) is 7.60. The Balaban J connectivity index is 0.00000147. The van der Waals surface area contributed by atoms with Crippen LogP contribution in [-0.4, -0.2) is 40.9 Å². The van der Waals surface area contributed by atoms with Crippen LogP contribution in [0.2, 0.25) is 0 Å². The predicted molar refractivity (Wildman–Crippen MR) is 86.5 cm³/mol. The maximum atomic E-state index is 4.23. The quantitative estimate of drug-likeness (QED) is 0.941. The predicted octanol–water partition coefficient (Wildman–Crippen LogP) is 2.36. The molecule has 1 atom stereocenters. The van der Waals surface area contributed by atoms with E-state index in [9.17, 15) is 0 Å². The second kappa shape index (κ2) is 6.72. The SMILES string of the molecule is CNC1CCN(Cc2ccc(-c3cnn(C)c3)s2)C1.Cl. The fourth-order valence-electron chi connectivity index (χ4n) is 2.60. The molecule has 0 aromatic carbocycles. The van der Waals surface area contributed by atoms with Crippen LogP contribution in [-0.2, 0) is 13.6 Å². The number of aromatic nitrogens is 2. The first kappa shape index (κ1) is 15.5. The minimum absolute atomic E-state index is 0. The van der Waals surface area contributed by atoms with Crippen molar-refractivity contribution >= 4 is 23.7 Å². The molecule has 1 aliphatic heterocycles. The molecule has 6 heteroatoms. The zero-order valence-electron chi connectivity index (χ0n) is 11.9. The molecule has 1 fully saturated rings. The zero-order valence-corrected chi connectivity index (χ0v) is 13.5. The summed E-state index contributed by atoms with van der Waals surface area (Å²) < 4.78 is 1.85. The number of aryl methyl sites for hydroxylation is 1. The van der Waals surface area contributed by atoms with E-state index in [-0.39, 0.29) is 12.4 Å². The minimum atomic E-state index is 0. The van der Waals surface area contributed by atoms with Crippen molar-refractivity contribution in [1.82, 2.24) is 20.0 Å². The van der Waals surface area contributed by atoms with Crippen LogP contribution in [0.5, 0.6) is 0 Å². The lowest BCUT2D eigenvalue weighted by molar-refractivity contribution is 0.325. The summed E-state index contributed by atoms with van der Waals surface area (Å²) in [6.07, 6.45) is 5.27. The molecule has 0 amide bonds. The average molecular weight is 313 g/mol. The van der Waals surface area contributed by atoms with E-state index in [1.807, 2.05) is 29.3 Å². The van der Waals surface area contributed by atoms with Crippen LogP contribution < -0.4 is 5.32 Å². The number of rotatable bonds is 4. The molecule has 3 rings (SSSR count). The largest absolute Gasteiger partial charge is 0.316 e. The maximum absolute atomic E-state index is 4.23. The number of likely N-dealkylation sites (tertiary alicyclic amines) is 1. The number of halogens is 1. The summed E-state index contributed by atoms with van der Waals surface area (Å²) in [6.45, 7) is 3.44. The molecule has 0 saturated carbocycles. The molecule has 110 valence electrons. The van der Waals surface area contributed by atoms with Crippen molar-refractivity contribution < 1.29 is 0 Å². The van der Waals surface area contributed by atoms with Crippen LogP contribution in [0, 0.1) is 0 Å². The number of hydrogen-bond acceptors (Lipinski definition) is 4. The third-order valence-corrected chi connectivity index (χ3v) is 4.83. The van der Waals surface area contributed by atoms with E-state index >= 15 is 0 Å². The molecule has 1 N–H and O–H groups in total. The van der Waals surface area contributed by atoms with E-state index in [4.69, 9.17) is 0 Å². The Kier molecular flexibility index (Phi) is 5.21. The van der Waals surface area contributed by atoms with Gasteiger partial charge in [-0.25, -0.2) is 0 Å². The van der Waals surface area contributed by atoms with Gasteiger partial charge in [-0.1, -0.05) is 0 Å². The van der Waals surface area contributed by atoms with Crippen molar-refractivity contribution in [3.8, 4) is 10.4 Å². The highest BCUT2D eigenvalue weighted by Gasteiger charge is 2.21. The van der Waals surface area contributed by atoms with Gasteiger partial charge in [0, 0.05) is 54.2 Å². The second-order valence-corrected chi connectivity index (χ2v) is 6.35. The monoisotopic (exact) mass is 312 g/mol. The van der Waals surface area contributed by atoms with Crippen LogP contribution in [0.4, 0.5) is 0 Å². The average Bonchev–Trinajstić information content (AvgIpc) is 3.10. The lowest BCUT2D eigenvalue weighted by Crippen LogP contribution is -2.29. The van der Waals surface area contributed by atoms with Crippen molar-refractivity contribution in [2.45, 2.75) is 19.0 Å². The molecular weight excluding hydrogens is 292 g/mol. The van der Waals surface area contributed by atoms with Crippen molar-refractivity contribution in [3.05, 3.63) is 29.4 Å². The molecule has 0 aliphatic carbocycles. The summed E-state index contributed by atoms with van der Waals surface area (Å²) in [6, 6.07) is 5.13. The first-order valence-corrected chi connectivity index (χ1v) is 7.53. The summed E-state index contributed by atoms with van der Waals surface area (Å²) in [5.41, 5.74) is 1.22. The number of thiophene rings is 1. The van der Waals surface area contributed by atoms with Crippen LogP contribution in [0.25, 0.3) is 10.4 Å². The summed E-state index contributed by atoms with van der Waals surface area (Å²) >= 11 is 1.88. The molecular formula is C14H21ClN4S. The Labute approximate surface area is 130 Å². The normalized spacial score (nSPS) is 19.2. The number of nitrogens with zero attached hydrogens (tertiary/aromatic N) is 3. The van der Waals surface area contributed by atoms with E-state index in [1.165, 1.54) is 28.3 Å². The van der Waals surface area contributed by atoms with Crippen LogP contribution in [0.15, 0.2) is 24.5 Å². The molecule has 1 saturated heterocycles. The minimum Gasteiger partial charge on any atom is -0.316 e. The van der Waals surface area contributed by atoms with E-state index in [1.54, 1.807) is 0 Å². The molecule has 2 aromatic heterocycles. The Morgan fingerprint density at radius 1 is 1.45 bits per heavy atom. The van der Waals surface area contributed by atoms with Gasteiger partial charge in [0.2, 0.25) is 0 Å². The number of likely N-dealkylation sites (N-methyl/N-ethyl adjacent to an activating group) is 1. The van der Waals surface area contributed by atoms with Crippen molar-refractivity contribution in [2.75, 3.05) is 20.1 Å². The van der Waals surface area contributed by atoms with E-state index < -0.39 is 0 Å². The lowest BCUT2D eigenvalue weighted by atomic mass is 10.3. The highest BCUT2D eigenvalue weighted by Crippen LogP contribution is 2.29. The van der Waals surface area contributed by atoms with Gasteiger partial charge >= 0.3 is 0 Å². The van der Waals surface area contributed by atoms with Gasteiger partial charge in [-0.05, 0) is 25.6 Å². The fourth-order valence-corrected chi connectivity index (χ4v) is 3.62. The van der Waals surface area contributed by atoms with E-state index in [0.29, 0.717) is 6.04 Å². The van der Waals surface area contributed by atoms with Gasteiger partial charge in [0.1, 0.15) is 0 Å². The van der Waals surface area contributed by atoms with Gasteiger partial charge in [-0.2, -0.15) is 5.10 Å². The highest BCUT2D eigenvalue weighted by molar-refractivity contribution is 7.15. The Hall–Kier alpha value is -0.880. The summed E-state index contributed by atoms with van der Waals surface area (Å²) in [7, 11) is 4.01. The molecule has 2 aromatic rings. The van der Waals surface area contributed by atoms with Crippen molar-refractivity contribution in [2.24, 2.45) is 7.05 Å². The number of hydrogen-bond donors (Lipinski definition) is 1. The first-order valence-electron chi connectivity index (χ1n) is 6.72. The molecule has 0 spiro atoms. The van der Waals surface area contributed by atoms with Crippen molar-refractivity contribution in [1.29, 1.82) is 0 Å². The standard InChI is InChI=1S/C14H20N4S.ClH/c1-15-12-5-6-18(9-12)10-13-3-4-14(19-13)11-7-16-17(2)8-11;/h3-4,7-8,12,15H,5-6,9-10H2,1-2H3;1H. The van der Waals surface area contributed by atoms with Crippen LogP contribution in [0.3, 0.4) is 0 Å². The van der Waals surface area contributed by atoms with Gasteiger partial charge in [0.15, 0.2) is 0 Å². The molecule has 20 heavy (non-hydrogen) atoms. The van der Waals surface area contributed by atoms with Gasteiger partial charge in [-0.3, -0.25) is 9.58 Å². The molecule has 0 bridgehead atoms. The van der Waals surface area contributed by atoms with E-state index in [0.717, 1.165) is 13.1 Å².